The molecule has 20 heavy (non-hydrogen) atoms. The molecule has 0 aliphatic rings. The van der Waals surface area contributed by atoms with Crippen LogP contribution in [-0.4, -0.2) is 61.5 Å². The minimum atomic E-state index is -3.58. The zero-order valence-electron chi connectivity index (χ0n) is 12.6. The maximum Gasteiger partial charge on any atom is 0.260 e. The molecule has 7 nitrogen and oxygen atoms in total. The number of nitrogens with two attached hydrogens (primary N) is 1. The standard InChI is InChI=1S/C12H25N5O2S/c1-10(2)9-17(6-5-16(3)4)20(18,19)12-11(7-13)8-14-15-12/h8,10H,5-7,9,13H2,1-4H3,(H,14,15). The van der Waals surface area contributed by atoms with Crippen LogP contribution in [0.4, 0.5) is 0 Å². The first-order chi connectivity index (χ1) is 9.28. The van der Waals surface area contributed by atoms with E-state index in [1.54, 1.807) is 0 Å². The summed E-state index contributed by atoms with van der Waals surface area (Å²) in [4.78, 5) is 1.96. The van der Waals surface area contributed by atoms with E-state index in [0.717, 1.165) is 0 Å². The van der Waals surface area contributed by atoms with Gasteiger partial charge in [-0.15, -0.1) is 0 Å². The van der Waals surface area contributed by atoms with Crippen molar-refractivity contribution in [2.45, 2.75) is 25.4 Å². The summed E-state index contributed by atoms with van der Waals surface area (Å²) in [5.74, 6) is 0.246. The Morgan fingerprint density at radius 1 is 1.35 bits per heavy atom. The quantitative estimate of drug-likeness (QED) is 0.709. The van der Waals surface area contributed by atoms with Crippen molar-refractivity contribution in [3.8, 4) is 0 Å². The van der Waals surface area contributed by atoms with Gasteiger partial charge in [0.15, 0.2) is 5.03 Å². The van der Waals surface area contributed by atoms with Crippen molar-refractivity contribution >= 4 is 10.0 Å². The molecule has 0 spiro atoms. The number of aromatic nitrogens is 2. The molecule has 0 atom stereocenters. The summed E-state index contributed by atoms with van der Waals surface area (Å²) < 4.78 is 26.9. The van der Waals surface area contributed by atoms with Crippen LogP contribution in [0.15, 0.2) is 11.2 Å². The minimum Gasteiger partial charge on any atom is -0.326 e. The lowest BCUT2D eigenvalue weighted by Gasteiger charge is -2.25. The van der Waals surface area contributed by atoms with Crippen LogP contribution < -0.4 is 5.73 Å². The number of H-pyrrole nitrogens is 1. The third kappa shape index (κ3) is 4.27. The highest BCUT2D eigenvalue weighted by Gasteiger charge is 2.28. The van der Waals surface area contributed by atoms with Gasteiger partial charge in [-0.3, -0.25) is 5.10 Å². The molecule has 1 heterocycles. The fourth-order valence-electron chi connectivity index (χ4n) is 1.83. The minimum absolute atomic E-state index is 0.111. The van der Waals surface area contributed by atoms with Crippen LogP contribution in [0.3, 0.4) is 0 Å². The molecule has 0 aromatic carbocycles. The van der Waals surface area contributed by atoms with Gasteiger partial charge in [0.1, 0.15) is 0 Å². The Labute approximate surface area is 121 Å². The molecule has 0 radical (unpaired) electrons. The number of rotatable bonds is 8. The Bertz CT molecular complexity index is 510. The van der Waals surface area contributed by atoms with Crippen LogP contribution in [-0.2, 0) is 16.6 Å². The Morgan fingerprint density at radius 2 is 2.00 bits per heavy atom. The van der Waals surface area contributed by atoms with Crippen molar-refractivity contribution < 1.29 is 8.42 Å². The van der Waals surface area contributed by atoms with E-state index >= 15 is 0 Å². The zero-order chi connectivity index (χ0) is 15.3. The van der Waals surface area contributed by atoms with Gasteiger partial charge in [-0.05, 0) is 20.0 Å². The summed E-state index contributed by atoms with van der Waals surface area (Å²) in [6.07, 6.45) is 1.46. The van der Waals surface area contributed by atoms with E-state index in [4.69, 9.17) is 5.73 Å². The first-order valence-electron chi connectivity index (χ1n) is 6.66. The van der Waals surface area contributed by atoms with Gasteiger partial charge in [0.05, 0.1) is 6.20 Å². The first-order valence-corrected chi connectivity index (χ1v) is 8.10. The third-order valence-electron chi connectivity index (χ3n) is 2.86. The fraction of sp³-hybridized carbons (Fsp3) is 0.750. The fourth-order valence-corrected chi connectivity index (χ4v) is 3.54. The summed E-state index contributed by atoms with van der Waals surface area (Å²) in [6.45, 7) is 5.71. The molecule has 3 N–H and O–H groups in total. The lowest BCUT2D eigenvalue weighted by molar-refractivity contribution is 0.312. The highest BCUT2D eigenvalue weighted by molar-refractivity contribution is 7.89. The molecular weight excluding hydrogens is 278 g/mol. The van der Waals surface area contributed by atoms with E-state index < -0.39 is 10.0 Å². The van der Waals surface area contributed by atoms with E-state index in [0.29, 0.717) is 25.2 Å². The number of hydrogen-bond donors (Lipinski definition) is 2. The molecule has 0 saturated carbocycles. The van der Waals surface area contributed by atoms with Gasteiger partial charge in [0.25, 0.3) is 10.0 Å². The Morgan fingerprint density at radius 3 is 2.50 bits per heavy atom. The second-order valence-corrected chi connectivity index (χ2v) is 7.36. The van der Waals surface area contributed by atoms with Gasteiger partial charge >= 0.3 is 0 Å². The van der Waals surface area contributed by atoms with E-state index in [9.17, 15) is 8.42 Å². The zero-order valence-corrected chi connectivity index (χ0v) is 13.4. The van der Waals surface area contributed by atoms with Gasteiger partial charge in [-0.25, -0.2) is 8.42 Å². The normalized spacial score (nSPS) is 12.8. The molecule has 0 amide bonds. The van der Waals surface area contributed by atoms with Gasteiger partial charge in [-0.2, -0.15) is 9.40 Å². The molecule has 1 aromatic rings. The van der Waals surface area contributed by atoms with Crippen LogP contribution in [0.25, 0.3) is 0 Å². The average molecular weight is 303 g/mol. The largest absolute Gasteiger partial charge is 0.326 e. The topological polar surface area (TPSA) is 95.3 Å². The second-order valence-electron chi connectivity index (χ2n) is 5.49. The number of sulfonamides is 1. The molecular formula is C12H25N5O2S. The van der Waals surface area contributed by atoms with Crippen LogP contribution in [0.2, 0.25) is 0 Å². The molecule has 0 bridgehead atoms. The maximum atomic E-state index is 12.7. The van der Waals surface area contributed by atoms with Crippen LogP contribution >= 0.6 is 0 Å². The summed E-state index contributed by atoms with van der Waals surface area (Å²) in [6, 6.07) is 0. The predicted molar refractivity (Wildman–Crippen MR) is 78.6 cm³/mol. The van der Waals surface area contributed by atoms with E-state index in [-0.39, 0.29) is 17.5 Å². The van der Waals surface area contributed by atoms with Crippen molar-refractivity contribution in [3.05, 3.63) is 11.8 Å². The van der Waals surface area contributed by atoms with Gasteiger partial charge in [0.2, 0.25) is 0 Å². The van der Waals surface area contributed by atoms with Crippen molar-refractivity contribution in [2.24, 2.45) is 11.7 Å². The van der Waals surface area contributed by atoms with E-state index in [2.05, 4.69) is 10.2 Å². The number of likely N-dealkylation sites (N-methyl/N-ethyl adjacent to an activating group) is 1. The number of nitrogens with zero attached hydrogens (tertiary/aromatic N) is 3. The molecule has 8 heteroatoms. The summed E-state index contributed by atoms with van der Waals surface area (Å²) in [7, 11) is 0.254. The number of hydrogen-bond acceptors (Lipinski definition) is 5. The number of nitrogens with one attached hydrogen (secondary N) is 1. The maximum absolute atomic E-state index is 12.7. The molecule has 0 fully saturated rings. The van der Waals surface area contributed by atoms with Gasteiger partial charge < -0.3 is 10.6 Å². The molecule has 1 rings (SSSR count). The summed E-state index contributed by atoms with van der Waals surface area (Å²) in [5, 5.41) is 6.47. The summed E-state index contributed by atoms with van der Waals surface area (Å²) in [5.41, 5.74) is 6.08. The van der Waals surface area contributed by atoms with Gasteiger partial charge in [0, 0.05) is 31.7 Å². The Balaban J connectivity index is 3.04. The molecule has 0 saturated heterocycles. The Hall–Kier alpha value is -0.960. The average Bonchev–Trinajstić information content (AvgIpc) is 2.82. The molecule has 0 aliphatic heterocycles. The van der Waals surface area contributed by atoms with E-state index in [1.807, 2.05) is 32.8 Å². The molecule has 0 aliphatic carbocycles. The molecule has 0 unspecified atom stereocenters. The lowest BCUT2D eigenvalue weighted by Crippen LogP contribution is -2.39. The SMILES string of the molecule is CC(C)CN(CCN(C)C)S(=O)(=O)c1[nH]ncc1CN. The van der Waals surface area contributed by atoms with Crippen LogP contribution in [0.1, 0.15) is 19.4 Å². The van der Waals surface area contributed by atoms with Crippen LogP contribution in [0, 0.1) is 5.92 Å². The highest BCUT2D eigenvalue weighted by Crippen LogP contribution is 2.18. The van der Waals surface area contributed by atoms with Crippen LogP contribution in [0.5, 0.6) is 0 Å². The van der Waals surface area contributed by atoms with Crippen molar-refractivity contribution in [1.82, 2.24) is 19.4 Å². The first kappa shape index (κ1) is 17.1. The van der Waals surface area contributed by atoms with Crippen molar-refractivity contribution in [2.75, 3.05) is 33.7 Å². The lowest BCUT2D eigenvalue weighted by atomic mass is 10.2. The molecule has 1 aromatic heterocycles. The Kier molecular flexibility index (Phi) is 6.12. The third-order valence-corrected chi connectivity index (χ3v) is 4.74. The highest BCUT2D eigenvalue weighted by atomic mass is 32.2. The van der Waals surface area contributed by atoms with Gasteiger partial charge in [-0.1, -0.05) is 13.8 Å². The predicted octanol–water partition coefficient (Wildman–Crippen LogP) is 0.0767. The smallest absolute Gasteiger partial charge is 0.260 e. The monoisotopic (exact) mass is 303 g/mol. The van der Waals surface area contributed by atoms with Crippen molar-refractivity contribution in [1.29, 1.82) is 0 Å². The summed E-state index contributed by atoms with van der Waals surface area (Å²) >= 11 is 0. The molecule has 116 valence electrons. The van der Waals surface area contributed by atoms with E-state index in [1.165, 1.54) is 10.5 Å². The van der Waals surface area contributed by atoms with Crippen molar-refractivity contribution in [3.63, 3.8) is 0 Å². The number of aromatic amines is 1. The second kappa shape index (κ2) is 7.16.